The molecule has 5 heteroatoms. The van der Waals surface area contributed by atoms with E-state index >= 15 is 0 Å². The van der Waals surface area contributed by atoms with Gasteiger partial charge in [0.2, 0.25) is 0 Å². The number of β-amino-alcohol motifs (C(OH)–C–C–N with tert-alkyl or cyclic N) is 1. The first-order valence-electron chi connectivity index (χ1n) is 8.43. The quantitative estimate of drug-likeness (QED) is 0.747. The zero-order chi connectivity index (χ0) is 18.4. The highest BCUT2D eigenvalue weighted by Crippen LogP contribution is 2.11. The normalized spacial score (nSPS) is 14.8. The number of carbonyl (C=O) groups excluding carboxylic acids is 1. The number of alkyl carbamates (subject to hydrolysis) is 1. The maximum Gasteiger partial charge on any atom is 0.407 e. The summed E-state index contributed by atoms with van der Waals surface area (Å²) in [6, 6.07) is 9.36. The average molecular weight is 336 g/mol. The van der Waals surface area contributed by atoms with E-state index in [0.29, 0.717) is 13.0 Å². The summed E-state index contributed by atoms with van der Waals surface area (Å²) in [6.45, 7) is 11.9. The van der Waals surface area contributed by atoms with Crippen LogP contribution in [0.4, 0.5) is 4.79 Å². The molecule has 0 aliphatic heterocycles. The molecule has 0 aliphatic carbocycles. The summed E-state index contributed by atoms with van der Waals surface area (Å²) >= 11 is 0. The van der Waals surface area contributed by atoms with E-state index in [0.717, 1.165) is 5.56 Å². The van der Waals surface area contributed by atoms with Gasteiger partial charge in [0.1, 0.15) is 5.60 Å². The van der Waals surface area contributed by atoms with Crippen LogP contribution in [0.25, 0.3) is 0 Å². The second-order valence-electron chi connectivity index (χ2n) is 8.14. The lowest BCUT2D eigenvalue weighted by atomic mass is 10.00. The van der Waals surface area contributed by atoms with Crippen LogP contribution in [0.2, 0.25) is 0 Å². The Hall–Kier alpha value is -1.59. The number of benzene rings is 1. The molecule has 136 valence electrons. The van der Waals surface area contributed by atoms with Gasteiger partial charge in [-0.25, -0.2) is 4.79 Å². The molecule has 0 unspecified atom stereocenters. The Morgan fingerprint density at radius 2 is 1.71 bits per heavy atom. The van der Waals surface area contributed by atoms with E-state index in [9.17, 15) is 9.90 Å². The molecular weight excluding hydrogens is 304 g/mol. The summed E-state index contributed by atoms with van der Waals surface area (Å²) in [5, 5.41) is 16.6. The van der Waals surface area contributed by atoms with Crippen molar-refractivity contribution in [2.75, 3.05) is 6.54 Å². The largest absolute Gasteiger partial charge is 0.444 e. The van der Waals surface area contributed by atoms with Crippen LogP contribution in [0.5, 0.6) is 0 Å². The number of aliphatic hydroxyl groups excluding tert-OH is 1. The number of rotatable bonds is 6. The van der Waals surface area contributed by atoms with E-state index in [1.165, 1.54) is 0 Å². The predicted molar refractivity (Wildman–Crippen MR) is 97.1 cm³/mol. The van der Waals surface area contributed by atoms with Crippen LogP contribution in [0.1, 0.15) is 47.1 Å². The minimum absolute atomic E-state index is 0.107. The van der Waals surface area contributed by atoms with Crippen molar-refractivity contribution in [2.45, 2.75) is 71.2 Å². The fourth-order valence-electron chi connectivity index (χ4n) is 2.16. The number of ether oxygens (including phenoxy) is 1. The molecule has 3 N–H and O–H groups in total. The van der Waals surface area contributed by atoms with Gasteiger partial charge in [-0.15, -0.1) is 0 Å². The van der Waals surface area contributed by atoms with Crippen molar-refractivity contribution in [3.63, 3.8) is 0 Å². The molecule has 0 bridgehead atoms. The first kappa shape index (κ1) is 20.5. The zero-order valence-corrected chi connectivity index (χ0v) is 15.7. The number of carbonyl (C=O) groups is 1. The molecule has 1 aromatic carbocycles. The van der Waals surface area contributed by atoms with Crippen LogP contribution in [0.3, 0.4) is 0 Å². The first-order chi connectivity index (χ1) is 11.0. The van der Waals surface area contributed by atoms with Gasteiger partial charge in [-0.3, -0.25) is 0 Å². The highest BCUT2D eigenvalue weighted by Gasteiger charge is 2.25. The molecule has 1 amide bonds. The van der Waals surface area contributed by atoms with Gasteiger partial charge in [-0.05, 0) is 53.5 Å². The number of amides is 1. The minimum atomic E-state index is -0.725. The van der Waals surface area contributed by atoms with E-state index in [4.69, 9.17) is 4.74 Å². The van der Waals surface area contributed by atoms with Gasteiger partial charge in [0.05, 0.1) is 12.1 Å². The number of hydrogen-bond acceptors (Lipinski definition) is 4. The van der Waals surface area contributed by atoms with E-state index in [1.54, 1.807) is 0 Å². The van der Waals surface area contributed by atoms with E-state index in [-0.39, 0.29) is 5.54 Å². The van der Waals surface area contributed by atoms with Gasteiger partial charge in [0.15, 0.2) is 0 Å². The number of aliphatic hydroxyl groups is 1. The number of hydrogen-bond donors (Lipinski definition) is 3. The average Bonchev–Trinajstić information content (AvgIpc) is 2.42. The molecule has 0 fully saturated rings. The Bertz CT molecular complexity index is 504. The number of nitrogens with one attached hydrogen (secondary N) is 2. The molecule has 24 heavy (non-hydrogen) atoms. The monoisotopic (exact) mass is 336 g/mol. The Morgan fingerprint density at radius 3 is 2.21 bits per heavy atom. The third kappa shape index (κ3) is 8.89. The maximum atomic E-state index is 12.1. The third-order valence-electron chi connectivity index (χ3n) is 3.31. The fraction of sp³-hybridized carbons (Fsp3) is 0.632. The summed E-state index contributed by atoms with van der Waals surface area (Å²) in [4.78, 5) is 12.1. The first-order valence-corrected chi connectivity index (χ1v) is 8.43. The van der Waals surface area contributed by atoms with Crippen LogP contribution < -0.4 is 10.6 Å². The Labute approximate surface area is 145 Å². The van der Waals surface area contributed by atoms with Crippen molar-refractivity contribution in [3.05, 3.63) is 35.9 Å². The summed E-state index contributed by atoms with van der Waals surface area (Å²) in [5.74, 6) is 0. The van der Waals surface area contributed by atoms with Crippen molar-refractivity contribution in [1.29, 1.82) is 0 Å². The molecular formula is C19H32N2O3. The Kier molecular flexibility index (Phi) is 7.24. The van der Waals surface area contributed by atoms with Crippen LogP contribution >= 0.6 is 0 Å². The highest BCUT2D eigenvalue weighted by molar-refractivity contribution is 5.68. The summed E-state index contributed by atoms with van der Waals surface area (Å²) in [5.41, 5.74) is 0.369. The van der Waals surface area contributed by atoms with Crippen LogP contribution in [-0.2, 0) is 11.2 Å². The minimum Gasteiger partial charge on any atom is -0.444 e. The molecule has 1 aromatic rings. The molecule has 0 aromatic heterocycles. The van der Waals surface area contributed by atoms with Gasteiger partial charge in [-0.2, -0.15) is 0 Å². The van der Waals surface area contributed by atoms with E-state index in [1.807, 2.05) is 71.9 Å². The summed E-state index contributed by atoms with van der Waals surface area (Å²) < 4.78 is 5.32. The zero-order valence-electron chi connectivity index (χ0n) is 15.7. The van der Waals surface area contributed by atoms with Crippen LogP contribution in [0, 0.1) is 0 Å². The molecule has 0 spiro atoms. The van der Waals surface area contributed by atoms with Crippen molar-refractivity contribution in [2.24, 2.45) is 0 Å². The van der Waals surface area contributed by atoms with Crippen molar-refractivity contribution >= 4 is 6.09 Å². The third-order valence-corrected chi connectivity index (χ3v) is 3.31. The van der Waals surface area contributed by atoms with Gasteiger partial charge in [-0.1, -0.05) is 30.3 Å². The molecule has 0 saturated carbocycles. The van der Waals surface area contributed by atoms with Crippen molar-refractivity contribution in [3.8, 4) is 0 Å². The smallest absolute Gasteiger partial charge is 0.407 e. The Balaban J connectivity index is 2.76. The lowest BCUT2D eigenvalue weighted by molar-refractivity contribution is 0.0417. The molecule has 5 nitrogen and oxygen atoms in total. The van der Waals surface area contributed by atoms with Gasteiger partial charge >= 0.3 is 6.09 Å². The molecule has 0 aliphatic rings. The predicted octanol–water partition coefficient (Wildman–Crippen LogP) is 2.87. The SMILES string of the molecule is CC(C)(C)NC[C@@H](O)[C@H](Cc1ccccc1)NC(=O)OC(C)(C)C. The van der Waals surface area contributed by atoms with E-state index in [2.05, 4.69) is 10.6 Å². The standard InChI is InChI=1S/C19H32N2O3/c1-18(2,3)20-13-16(22)15(12-14-10-8-7-9-11-14)21-17(23)24-19(4,5)6/h7-11,15-16,20,22H,12-13H2,1-6H3,(H,21,23)/t15-,16+/m0/s1. The molecule has 2 atom stereocenters. The summed E-state index contributed by atoms with van der Waals surface area (Å²) in [7, 11) is 0. The van der Waals surface area contributed by atoms with Gasteiger partial charge in [0, 0.05) is 12.1 Å². The lowest BCUT2D eigenvalue weighted by Gasteiger charge is -2.29. The lowest BCUT2D eigenvalue weighted by Crippen LogP contribution is -2.52. The second-order valence-corrected chi connectivity index (χ2v) is 8.14. The molecule has 0 heterocycles. The molecule has 0 saturated heterocycles. The highest BCUT2D eigenvalue weighted by atomic mass is 16.6. The summed E-state index contributed by atoms with van der Waals surface area (Å²) in [6.07, 6.45) is -0.706. The fourth-order valence-corrected chi connectivity index (χ4v) is 2.16. The topological polar surface area (TPSA) is 70.6 Å². The Morgan fingerprint density at radius 1 is 1.12 bits per heavy atom. The van der Waals surface area contributed by atoms with Gasteiger partial charge < -0.3 is 20.5 Å². The maximum absolute atomic E-state index is 12.1. The van der Waals surface area contributed by atoms with Crippen molar-refractivity contribution < 1.29 is 14.6 Å². The molecule has 1 rings (SSSR count). The van der Waals surface area contributed by atoms with Crippen LogP contribution in [-0.4, -0.2) is 41.0 Å². The molecule has 0 radical (unpaired) electrons. The van der Waals surface area contributed by atoms with Gasteiger partial charge in [0.25, 0.3) is 0 Å². The van der Waals surface area contributed by atoms with E-state index < -0.39 is 23.8 Å². The second kappa shape index (κ2) is 8.49. The van der Waals surface area contributed by atoms with Crippen LogP contribution in [0.15, 0.2) is 30.3 Å². The van der Waals surface area contributed by atoms with Crippen molar-refractivity contribution in [1.82, 2.24) is 10.6 Å².